The minimum atomic E-state index is -0.232. The highest BCUT2D eigenvalue weighted by Gasteiger charge is 2.17. The van der Waals surface area contributed by atoms with Crippen LogP contribution in [0.1, 0.15) is 29.7 Å². The first-order valence-corrected chi connectivity index (χ1v) is 9.19. The molecule has 0 heterocycles. The molecule has 2 aromatic rings. The number of rotatable bonds is 9. The van der Waals surface area contributed by atoms with E-state index in [1.165, 1.54) is 5.56 Å². The first kappa shape index (κ1) is 21.3. The number of methoxy groups -OCH3 is 2. The van der Waals surface area contributed by atoms with Crippen LogP contribution in [0, 0.1) is 19.3 Å². The number of ether oxygens (including phenoxy) is 2. The van der Waals surface area contributed by atoms with Crippen LogP contribution in [0.5, 0.6) is 11.5 Å². The van der Waals surface area contributed by atoms with Crippen LogP contribution in [0.15, 0.2) is 42.5 Å². The number of carbonyl (C=O) groups excluding carboxylic acids is 1. The maximum absolute atomic E-state index is 12.6. The molecule has 2 aromatic carbocycles. The summed E-state index contributed by atoms with van der Waals surface area (Å²) in [4.78, 5) is 14.6. The van der Waals surface area contributed by atoms with Gasteiger partial charge in [-0.2, -0.15) is 0 Å². The summed E-state index contributed by atoms with van der Waals surface area (Å²) in [5, 5.41) is 3.02. The first-order valence-electron chi connectivity index (χ1n) is 9.19. The SMILES string of the molecule is C#CCN(CC(=O)N[C@H](C)c1cc(OC)ccc1OC)Cc1ccc(C)cc1. The molecule has 0 saturated carbocycles. The number of hydrogen-bond donors (Lipinski definition) is 1. The van der Waals surface area contributed by atoms with E-state index in [2.05, 4.69) is 35.5 Å². The number of carbonyl (C=O) groups is 1. The summed E-state index contributed by atoms with van der Waals surface area (Å²) in [5.41, 5.74) is 3.18. The molecule has 0 radical (unpaired) electrons. The number of hydrogen-bond acceptors (Lipinski definition) is 4. The Bertz CT molecular complexity index is 825. The third kappa shape index (κ3) is 6.04. The van der Waals surface area contributed by atoms with Crippen molar-refractivity contribution in [1.29, 1.82) is 0 Å². The Hall–Kier alpha value is -2.97. The second-order valence-corrected chi connectivity index (χ2v) is 6.73. The van der Waals surface area contributed by atoms with Gasteiger partial charge in [0, 0.05) is 12.1 Å². The van der Waals surface area contributed by atoms with Gasteiger partial charge in [0.25, 0.3) is 0 Å². The van der Waals surface area contributed by atoms with Crippen molar-refractivity contribution in [2.45, 2.75) is 26.4 Å². The molecule has 5 nitrogen and oxygen atoms in total. The Balaban J connectivity index is 2.03. The van der Waals surface area contributed by atoms with Crippen molar-refractivity contribution in [2.75, 3.05) is 27.3 Å². The summed E-state index contributed by atoms with van der Waals surface area (Å²) >= 11 is 0. The van der Waals surface area contributed by atoms with Gasteiger partial charge in [-0.15, -0.1) is 6.42 Å². The van der Waals surface area contributed by atoms with E-state index < -0.39 is 0 Å². The number of amides is 1. The Morgan fingerprint density at radius 1 is 1.18 bits per heavy atom. The van der Waals surface area contributed by atoms with E-state index >= 15 is 0 Å². The van der Waals surface area contributed by atoms with Crippen molar-refractivity contribution in [1.82, 2.24) is 10.2 Å². The quantitative estimate of drug-likeness (QED) is 0.678. The van der Waals surface area contributed by atoms with Gasteiger partial charge in [0.15, 0.2) is 0 Å². The number of nitrogens with zero attached hydrogens (tertiary/aromatic N) is 1. The van der Waals surface area contributed by atoms with Crippen LogP contribution >= 0.6 is 0 Å². The third-order valence-electron chi connectivity index (χ3n) is 4.49. The van der Waals surface area contributed by atoms with Crippen LogP contribution in [0.3, 0.4) is 0 Å². The van der Waals surface area contributed by atoms with E-state index in [-0.39, 0.29) is 18.5 Å². The fourth-order valence-corrected chi connectivity index (χ4v) is 2.99. The van der Waals surface area contributed by atoms with Gasteiger partial charge in [0.1, 0.15) is 11.5 Å². The minimum Gasteiger partial charge on any atom is -0.497 e. The molecule has 0 bridgehead atoms. The maximum Gasteiger partial charge on any atom is 0.234 e. The Morgan fingerprint density at radius 3 is 2.50 bits per heavy atom. The molecule has 5 heteroatoms. The standard InChI is InChI=1S/C23H28N2O3/c1-6-13-25(15-19-9-7-17(2)8-10-19)16-23(26)24-18(3)21-14-20(27-4)11-12-22(21)28-5/h1,7-12,14,18H,13,15-16H2,2-5H3,(H,24,26)/t18-/m1/s1. The van der Waals surface area contributed by atoms with Crippen LogP contribution < -0.4 is 14.8 Å². The molecule has 28 heavy (non-hydrogen) atoms. The summed E-state index contributed by atoms with van der Waals surface area (Å²) in [6.07, 6.45) is 5.49. The number of aryl methyl sites for hydroxylation is 1. The van der Waals surface area contributed by atoms with Crippen molar-refractivity contribution in [3.63, 3.8) is 0 Å². The lowest BCUT2D eigenvalue weighted by molar-refractivity contribution is -0.122. The lowest BCUT2D eigenvalue weighted by Gasteiger charge is -2.22. The number of nitrogens with one attached hydrogen (secondary N) is 1. The fourth-order valence-electron chi connectivity index (χ4n) is 2.99. The summed E-state index contributed by atoms with van der Waals surface area (Å²) < 4.78 is 10.7. The second kappa shape index (κ2) is 10.4. The van der Waals surface area contributed by atoms with E-state index in [4.69, 9.17) is 15.9 Å². The zero-order chi connectivity index (χ0) is 20.5. The third-order valence-corrected chi connectivity index (χ3v) is 4.49. The molecule has 1 amide bonds. The second-order valence-electron chi connectivity index (χ2n) is 6.73. The Morgan fingerprint density at radius 2 is 1.89 bits per heavy atom. The average Bonchev–Trinajstić information content (AvgIpc) is 2.69. The van der Waals surface area contributed by atoms with Crippen molar-refractivity contribution in [2.24, 2.45) is 0 Å². The fraction of sp³-hybridized carbons (Fsp3) is 0.348. The zero-order valence-electron chi connectivity index (χ0n) is 17.0. The molecule has 2 rings (SSSR count). The van der Waals surface area contributed by atoms with Gasteiger partial charge < -0.3 is 14.8 Å². The van der Waals surface area contributed by atoms with Crippen molar-refractivity contribution >= 4 is 5.91 Å². The molecule has 0 saturated heterocycles. The summed E-state index contributed by atoms with van der Waals surface area (Å²) in [5.74, 6) is 3.95. The largest absolute Gasteiger partial charge is 0.497 e. The lowest BCUT2D eigenvalue weighted by Crippen LogP contribution is -2.38. The highest BCUT2D eigenvalue weighted by molar-refractivity contribution is 5.78. The first-order chi connectivity index (χ1) is 13.5. The van der Waals surface area contributed by atoms with E-state index in [1.54, 1.807) is 14.2 Å². The molecule has 0 spiro atoms. The minimum absolute atomic E-state index is 0.0975. The molecule has 1 N–H and O–H groups in total. The van der Waals surface area contributed by atoms with Crippen LogP contribution in [0.2, 0.25) is 0 Å². The van der Waals surface area contributed by atoms with Crippen LogP contribution in [-0.4, -0.2) is 38.1 Å². The molecule has 0 unspecified atom stereocenters. The molecule has 0 aliphatic rings. The van der Waals surface area contributed by atoms with E-state index in [0.717, 1.165) is 11.1 Å². The average molecular weight is 380 g/mol. The predicted molar refractivity (Wildman–Crippen MR) is 111 cm³/mol. The molecule has 0 aliphatic heterocycles. The van der Waals surface area contributed by atoms with Gasteiger partial charge in [0.05, 0.1) is 33.4 Å². The van der Waals surface area contributed by atoms with Gasteiger partial charge in [-0.1, -0.05) is 35.7 Å². The molecule has 0 aliphatic carbocycles. The van der Waals surface area contributed by atoms with E-state index in [1.807, 2.05) is 36.9 Å². The van der Waals surface area contributed by atoms with Crippen LogP contribution in [-0.2, 0) is 11.3 Å². The highest BCUT2D eigenvalue weighted by atomic mass is 16.5. The maximum atomic E-state index is 12.6. The van der Waals surface area contributed by atoms with Crippen molar-refractivity contribution < 1.29 is 14.3 Å². The molecule has 1 atom stereocenters. The van der Waals surface area contributed by atoms with E-state index in [0.29, 0.717) is 24.6 Å². The van der Waals surface area contributed by atoms with E-state index in [9.17, 15) is 4.79 Å². The molecule has 148 valence electrons. The zero-order valence-corrected chi connectivity index (χ0v) is 17.0. The van der Waals surface area contributed by atoms with Gasteiger partial charge in [0.2, 0.25) is 5.91 Å². The van der Waals surface area contributed by atoms with Crippen LogP contribution in [0.25, 0.3) is 0 Å². The smallest absolute Gasteiger partial charge is 0.234 e. The van der Waals surface area contributed by atoms with Crippen LogP contribution in [0.4, 0.5) is 0 Å². The normalized spacial score (nSPS) is 11.6. The number of benzene rings is 2. The molecular formula is C23H28N2O3. The van der Waals surface area contributed by atoms with Gasteiger partial charge in [-0.3, -0.25) is 9.69 Å². The predicted octanol–water partition coefficient (Wildman–Crippen LogP) is 3.32. The molecule has 0 fully saturated rings. The topological polar surface area (TPSA) is 50.8 Å². The van der Waals surface area contributed by atoms with Gasteiger partial charge >= 0.3 is 0 Å². The summed E-state index contributed by atoms with van der Waals surface area (Å²) in [7, 11) is 3.22. The molecule has 0 aromatic heterocycles. The van der Waals surface area contributed by atoms with Crippen molar-refractivity contribution in [3.8, 4) is 23.8 Å². The Kier molecular flexibility index (Phi) is 7.91. The van der Waals surface area contributed by atoms with Gasteiger partial charge in [-0.25, -0.2) is 0 Å². The van der Waals surface area contributed by atoms with Gasteiger partial charge in [-0.05, 0) is 37.6 Å². The summed E-state index contributed by atoms with van der Waals surface area (Å²) in [6, 6.07) is 13.5. The monoisotopic (exact) mass is 380 g/mol. The summed E-state index contributed by atoms with van der Waals surface area (Å²) in [6.45, 7) is 5.20. The highest BCUT2D eigenvalue weighted by Crippen LogP contribution is 2.29. The molecular weight excluding hydrogens is 352 g/mol. The van der Waals surface area contributed by atoms with Crippen molar-refractivity contribution in [3.05, 3.63) is 59.2 Å². The lowest BCUT2D eigenvalue weighted by atomic mass is 10.1. The number of terminal acetylenes is 1. The Labute approximate surface area is 167 Å².